The lowest BCUT2D eigenvalue weighted by Crippen LogP contribution is -2.51. The fourth-order valence-corrected chi connectivity index (χ4v) is 7.35. The van der Waals surface area contributed by atoms with Gasteiger partial charge in [-0.15, -0.1) is 10.2 Å². The van der Waals surface area contributed by atoms with Gasteiger partial charge in [0.15, 0.2) is 0 Å². The zero-order valence-electron chi connectivity index (χ0n) is 17.8. The predicted molar refractivity (Wildman–Crippen MR) is 118 cm³/mol. The summed E-state index contributed by atoms with van der Waals surface area (Å²) in [5, 5.41) is 15.1. The molecule has 8 nitrogen and oxygen atoms in total. The average molecular weight is 443 g/mol. The van der Waals surface area contributed by atoms with E-state index >= 15 is 0 Å². The molecule has 2 fully saturated rings. The van der Waals surface area contributed by atoms with Gasteiger partial charge in [0, 0.05) is 24.3 Å². The third-order valence-corrected chi connectivity index (χ3v) is 9.50. The Morgan fingerprint density at radius 3 is 2.29 bits per heavy atom. The van der Waals surface area contributed by atoms with Crippen molar-refractivity contribution in [1.29, 1.82) is 0 Å². The number of rotatable bonds is 4. The third-order valence-electron chi connectivity index (χ3n) is 7.78. The van der Waals surface area contributed by atoms with E-state index in [1.54, 1.807) is 4.31 Å². The van der Waals surface area contributed by atoms with E-state index in [2.05, 4.69) is 31.9 Å². The maximum Gasteiger partial charge on any atom is 0.278 e. The lowest BCUT2D eigenvalue weighted by molar-refractivity contribution is 0.213. The molecule has 2 aliphatic carbocycles. The molecule has 1 aromatic heterocycles. The second-order valence-electron chi connectivity index (χ2n) is 9.55. The first-order valence-electron chi connectivity index (χ1n) is 11.7. The van der Waals surface area contributed by atoms with Gasteiger partial charge >= 0.3 is 0 Å². The fourth-order valence-electron chi connectivity index (χ4n) is 6.08. The molecule has 3 N–H and O–H groups in total. The molecule has 166 valence electrons. The molecule has 6 rings (SSSR count). The number of aryl methyl sites for hydroxylation is 2. The minimum Gasteiger partial charge on any atom is -0.324 e. The zero-order chi connectivity index (χ0) is 21.1. The first-order valence-corrected chi connectivity index (χ1v) is 13.1. The Balaban J connectivity index is 1.23. The van der Waals surface area contributed by atoms with Crippen LogP contribution in [-0.2, 0) is 35.7 Å². The predicted octanol–water partition coefficient (Wildman–Crippen LogP) is 2.43. The lowest BCUT2D eigenvalue weighted by atomic mass is 9.87. The highest BCUT2D eigenvalue weighted by atomic mass is 32.2. The minimum absolute atomic E-state index is 0.0606. The Morgan fingerprint density at radius 1 is 0.935 bits per heavy atom. The van der Waals surface area contributed by atoms with Crippen LogP contribution in [0.4, 0.5) is 11.6 Å². The van der Waals surface area contributed by atoms with Gasteiger partial charge in [-0.1, -0.05) is 6.07 Å². The number of hydrogen-bond acceptors (Lipinski definition) is 6. The highest BCUT2D eigenvalue weighted by molar-refractivity contribution is 7.88. The van der Waals surface area contributed by atoms with Gasteiger partial charge in [0.05, 0.1) is 0 Å². The van der Waals surface area contributed by atoms with Crippen molar-refractivity contribution in [3.05, 3.63) is 28.3 Å². The Bertz CT molecular complexity index is 1080. The van der Waals surface area contributed by atoms with Crippen LogP contribution in [0.3, 0.4) is 0 Å². The summed E-state index contributed by atoms with van der Waals surface area (Å²) in [7, 11) is -3.67. The Morgan fingerprint density at radius 2 is 1.65 bits per heavy atom. The molecular weight excluding hydrogens is 412 g/mol. The van der Waals surface area contributed by atoms with Crippen LogP contribution in [0.2, 0.25) is 0 Å². The van der Waals surface area contributed by atoms with Crippen molar-refractivity contribution in [2.24, 2.45) is 0 Å². The number of hydrogen-bond donors (Lipinski definition) is 3. The summed E-state index contributed by atoms with van der Waals surface area (Å²) in [5.41, 5.74) is 6.86. The second kappa shape index (κ2) is 7.28. The number of nitrogens with zero attached hydrogens (tertiary/aromatic N) is 3. The Hall–Kier alpha value is -1.97. The third kappa shape index (κ3) is 3.29. The van der Waals surface area contributed by atoms with E-state index in [0.29, 0.717) is 19.0 Å². The van der Waals surface area contributed by atoms with Crippen LogP contribution in [-0.4, -0.2) is 53.1 Å². The first-order chi connectivity index (χ1) is 15.0. The summed E-state index contributed by atoms with van der Waals surface area (Å²) < 4.78 is 27.9. The molecule has 3 heterocycles. The largest absolute Gasteiger partial charge is 0.324 e. The van der Waals surface area contributed by atoms with E-state index in [0.717, 1.165) is 57.2 Å². The van der Waals surface area contributed by atoms with Crippen molar-refractivity contribution in [3.63, 3.8) is 0 Å². The summed E-state index contributed by atoms with van der Waals surface area (Å²) in [6.45, 7) is 2.09. The van der Waals surface area contributed by atoms with Crippen molar-refractivity contribution < 1.29 is 8.42 Å². The van der Waals surface area contributed by atoms with Gasteiger partial charge < -0.3 is 10.6 Å². The van der Waals surface area contributed by atoms with Gasteiger partial charge in [-0.05, 0) is 93.0 Å². The Kier molecular flexibility index (Phi) is 4.63. The standard InChI is InChI=1S/C22H30N6O2S/c29-31(30,28-12-9-22(10-13-28)8-3-11-23-22)21-25-20(26-27-21)24-19-17-6-1-4-15(17)14-16-5-2-7-18(16)19/h14,23H,1-13H2,(H2,24,25,26,27). The number of fused-ring (bicyclic) bond motifs is 2. The monoisotopic (exact) mass is 442 g/mol. The van der Waals surface area contributed by atoms with Gasteiger partial charge in [0.25, 0.3) is 15.2 Å². The topological polar surface area (TPSA) is 103 Å². The van der Waals surface area contributed by atoms with Crippen molar-refractivity contribution >= 4 is 21.7 Å². The van der Waals surface area contributed by atoms with Gasteiger partial charge in [0.1, 0.15) is 0 Å². The number of sulfonamides is 1. The van der Waals surface area contributed by atoms with Gasteiger partial charge in [-0.25, -0.2) is 8.42 Å². The second-order valence-corrected chi connectivity index (χ2v) is 11.4. The van der Waals surface area contributed by atoms with Gasteiger partial charge in [0.2, 0.25) is 5.95 Å². The molecule has 2 aliphatic heterocycles. The highest BCUT2D eigenvalue weighted by Gasteiger charge is 2.41. The van der Waals surface area contributed by atoms with E-state index < -0.39 is 10.0 Å². The van der Waals surface area contributed by atoms with Crippen LogP contribution < -0.4 is 10.6 Å². The smallest absolute Gasteiger partial charge is 0.278 e. The molecule has 31 heavy (non-hydrogen) atoms. The normalized spacial score (nSPS) is 22.7. The van der Waals surface area contributed by atoms with Gasteiger partial charge in [-0.2, -0.15) is 4.31 Å². The molecule has 2 saturated heterocycles. The van der Waals surface area contributed by atoms with Crippen molar-refractivity contribution in [3.8, 4) is 0 Å². The summed E-state index contributed by atoms with van der Waals surface area (Å²) in [6, 6.07) is 2.38. The fraction of sp³-hybridized carbons (Fsp3) is 0.636. The van der Waals surface area contributed by atoms with Crippen LogP contribution in [0.5, 0.6) is 0 Å². The maximum absolute atomic E-state index is 13.2. The summed E-state index contributed by atoms with van der Waals surface area (Å²) >= 11 is 0. The number of H-pyrrole nitrogens is 1. The number of piperidine rings is 1. The average Bonchev–Trinajstić information content (AvgIpc) is 3.55. The molecule has 0 unspecified atom stereocenters. The minimum atomic E-state index is -3.67. The summed E-state index contributed by atoms with van der Waals surface area (Å²) in [5.74, 6) is 0.416. The molecule has 1 spiro atoms. The molecule has 0 amide bonds. The van der Waals surface area contributed by atoms with E-state index in [4.69, 9.17) is 0 Å². The van der Waals surface area contributed by atoms with E-state index in [1.807, 2.05) is 0 Å². The first kappa shape index (κ1) is 19.7. The van der Waals surface area contributed by atoms with Crippen LogP contribution in [0.15, 0.2) is 11.2 Å². The Labute approximate surface area is 183 Å². The van der Waals surface area contributed by atoms with E-state index in [9.17, 15) is 8.42 Å². The lowest BCUT2D eigenvalue weighted by Gasteiger charge is -2.38. The number of benzene rings is 1. The number of aromatic amines is 1. The van der Waals surface area contributed by atoms with E-state index in [1.165, 1.54) is 41.5 Å². The van der Waals surface area contributed by atoms with Crippen LogP contribution in [0, 0.1) is 0 Å². The quantitative estimate of drug-likeness (QED) is 0.672. The SMILES string of the molecule is O=S(=O)(c1nnc(Nc2c3c(cc4c2CCC4)CCC3)[nH]1)N1CCC2(CCCN2)CC1. The van der Waals surface area contributed by atoms with Crippen LogP contribution in [0.1, 0.15) is 60.8 Å². The van der Waals surface area contributed by atoms with Crippen LogP contribution in [0.25, 0.3) is 0 Å². The molecule has 9 heteroatoms. The molecule has 0 radical (unpaired) electrons. The molecule has 1 aromatic carbocycles. The summed E-state index contributed by atoms with van der Waals surface area (Å²) in [6.07, 6.45) is 10.8. The maximum atomic E-state index is 13.2. The molecule has 4 aliphatic rings. The molecule has 0 atom stereocenters. The van der Waals surface area contributed by atoms with Crippen molar-refractivity contribution in [1.82, 2.24) is 24.8 Å². The number of anilines is 2. The van der Waals surface area contributed by atoms with E-state index in [-0.39, 0.29) is 10.7 Å². The van der Waals surface area contributed by atoms with Crippen LogP contribution >= 0.6 is 0 Å². The number of aromatic nitrogens is 3. The van der Waals surface area contributed by atoms with Crippen molar-refractivity contribution in [2.75, 3.05) is 25.0 Å². The van der Waals surface area contributed by atoms with Gasteiger partial charge in [-0.3, -0.25) is 4.98 Å². The zero-order valence-corrected chi connectivity index (χ0v) is 18.7. The van der Waals surface area contributed by atoms with Crippen molar-refractivity contribution in [2.45, 2.75) is 74.9 Å². The number of nitrogens with one attached hydrogen (secondary N) is 3. The molecule has 0 bridgehead atoms. The molecular formula is C22H30N6O2S. The summed E-state index contributed by atoms with van der Waals surface area (Å²) in [4.78, 5) is 2.96. The molecule has 2 aromatic rings. The molecule has 0 saturated carbocycles. The highest BCUT2D eigenvalue weighted by Crippen LogP contribution is 2.39.